The number of carbonyl (C=O) groups is 1. The van der Waals surface area contributed by atoms with Gasteiger partial charge < -0.3 is 16.0 Å². The van der Waals surface area contributed by atoms with Crippen molar-refractivity contribution in [3.8, 4) is 0 Å². The molecule has 4 aromatic rings. The monoisotopic (exact) mass is 438 g/mol. The number of fused-ring (bicyclic) bond motifs is 1. The van der Waals surface area contributed by atoms with Gasteiger partial charge in [-0.05, 0) is 55.5 Å². The molecule has 0 bridgehead atoms. The molecule has 0 saturated heterocycles. The average molecular weight is 439 g/mol. The molecule has 1 aromatic heterocycles. The predicted molar refractivity (Wildman–Crippen MR) is 119 cm³/mol. The Morgan fingerprint density at radius 2 is 1.68 bits per heavy atom. The number of anilines is 1. The number of primary amides is 1. The zero-order valence-corrected chi connectivity index (χ0v) is 17.6. The van der Waals surface area contributed by atoms with Crippen molar-refractivity contribution in [2.75, 3.05) is 5.32 Å². The molecule has 160 valence electrons. The van der Waals surface area contributed by atoms with Gasteiger partial charge in [0.15, 0.2) is 0 Å². The summed E-state index contributed by atoms with van der Waals surface area (Å²) in [6, 6.07) is 20.9. The van der Waals surface area contributed by atoms with Gasteiger partial charge in [0.25, 0.3) is 10.1 Å². The van der Waals surface area contributed by atoms with Gasteiger partial charge >= 0.3 is 0 Å². The van der Waals surface area contributed by atoms with E-state index in [1.165, 1.54) is 12.1 Å². The number of benzene rings is 3. The number of hydrogen-bond acceptors (Lipinski definition) is 5. The third-order valence-corrected chi connectivity index (χ3v) is 5.25. The van der Waals surface area contributed by atoms with Crippen molar-refractivity contribution in [2.24, 2.45) is 5.73 Å². The minimum atomic E-state index is -4.02. The third kappa shape index (κ3) is 6.14. The molecule has 0 fully saturated rings. The summed E-state index contributed by atoms with van der Waals surface area (Å²) in [6.07, 6.45) is 0. The van der Waals surface area contributed by atoms with Crippen LogP contribution in [0.5, 0.6) is 0 Å². The number of nitrogens with two attached hydrogens (primary N) is 1. The first-order valence-electron chi connectivity index (χ1n) is 9.34. The van der Waals surface area contributed by atoms with E-state index in [-0.39, 0.29) is 4.90 Å². The Labute approximate surface area is 179 Å². The first-order valence-corrected chi connectivity index (χ1v) is 10.8. The van der Waals surface area contributed by atoms with Crippen molar-refractivity contribution in [1.29, 1.82) is 0 Å². The minimum absolute atomic E-state index is 0.0666. The van der Waals surface area contributed by atoms with Gasteiger partial charge in [0.1, 0.15) is 5.82 Å². The molecule has 1 amide bonds. The summed E-state index contributed by atoms with van der Waals surface area (Å²) in [5.41, 5.74) is 9.54. The van der Waals surface area contributed by atoms with Crippen LogP contribution in [-0.2, 0) is 16.7 Å². The number of carbonyl (C=O) groups excluding carboxylic acids is 1. The molecule has 4 rings (SSSR count). The molecule has 31 heavy (non-hydrogen) atoms. The highest BCUT2D eigenvalue weighted by Crippen LogP contribution is 2.13. The van der Waals surface area contributed by atoms with E-state index in [2.05, 4.69) is 15.3 Å². The number of amides is 1. The van der Waals surface area contributed by atoms with Crippen LogP contribution in [0, 0.1) is 6.92 Å². The van der Waals surface area contributed by atoms with Crippen LogP contribution in [0.25, 0.3) is 11.0 Å². The van der Waals surface area contributed by atoms with Crippen LogP contribution >= 0.6 is 0 Å². The molecular formula is C22H22N4O4S. The molecular weight excluding hydrogens is 416 g/mol. The van der Waals surface area contributed by atoms with Crippen molar-refractivity contribution < 1.29 is 17.8 Å². The summed E-state index contributed by atoms with van der Waals surface area (Å²) in [7, 11) is -4.02. The number of rotatable bonds is 5. The zero-order valence-electron chi connectivity index (χ0n) is 16.7. The number of para-hydroxylation sites is 2. The smallest absolute Gasteiger partial charge is 0.294 e. The molecule has 0 aliphatic heterocycles. The summed E-state index contributed by atoms with van der Waals surface area (Å²) < 4.78 is 29.6. The molecule has 0 saturated carbocycles. The Morgan fingerprint density at radius 3 is 2.26 bits per heavy atom. The van der Waals surface area contributed by atoms with Gasteiger partial charge in [-0.3, -0.25) is 9.35 Å². The number of imidazole rings is 1. The Kier molecular flexibility index (Phi) is 6.68. The summed E-state index contributed by atoms with van der Waals surface area (Å²) in [4.78, 5) is 18.6. The van der Waals surface area contributed by atoms with Crippen LogP contribution in [-0.4, -0.2) is 28.8 Å². The van der Waals surface area contributed by atoms with Crippen molar-refractivity contribution >= 4 is 32.7 Å². The highest BCUT2D eigenvalue weighted by atomic mass is 32.2. The van der Waals surface area contributed by atoms with Crippen LogP contribution in [0.3, 0.4) is 0 Å². The topological polar surface area (TPSA) is 138 Å². The van der Waals surface area contributed by atoms with Gasteiger partial charge in [-0.15, -0.1) is 0 Å². The highest BCUT2D eigenvalue weighted by molar-refractivity contribution is 7.85. The number of aromatic nitrogens is 2. The van der Waals surface area contributed by atoms with Gasteiger partial charge in [-0.25, -0.2) is 4.98 Å². The first kappa shape index (κ1) is 22.0. The van der Waals surface area contributed by atoms with E-state index in [9.17, 15) is 13.2 Å². The average Bonchev–Trinajstić information content (AvgIpc) is 3.16. The van der Waals surface area contributed by atoms with E-state index in [4.69, 9.17) is 10.3 Å². The standard InChI is InChI=1S/C15H14N4O.C7H8O3S/c16-15(20)10-5-7-11(8-6-10)17-9-14-18-12-3-1-2-4-13(12)19-14;1-6-2-4-7(5-3-6)11(8,9)10/h1-8,17H,9H2,(H2,16,20)(H,18,19);2-5H,1H3,(H,8,9,10). The fourth-order valence-corrected chi connectivity index (χ4v) is 3.22. The number of nitrogens with zero attached hydrogens (tertiary/aromatic N) is 1. The normalized spacial score (nSPS) is 10.9. The number of aryl methyl sites for hydroxylation is 1. The summed E-state index contributed by atoms with van der Waals surface area (Å²) in [5, 5.41) is 3.24. The lowest BCUT2D eigenvalue weighted by Gasteiger charge is -2.04. The van der Waals surface area contributed by atoms with Crippen molar-refractivity contribution in [3.63, 3.8) is 0 Å². The lowest BCUT2D eigenvalue weighted by atomic mass is 10.2. The molecule has 5 N–H and O–H groups in total. The fourth-order valence-electron chi connectivity index (χ4n) is 2.74. The second kappa shape index (κ2) is 9.41. The second-order valence-corrected chi connectivity index (χ2v) is 8.21. The molecule has 0 aliphatic carbocycles. The van der Waals surface area contributed by atoms with Crippen LogP contribution < -0.4 is 11.1 Å². The molecule has 9 heteroatoms. The Balaban J connectivity index is 0.000000210. The van der Waals surface area contributed by atoms with E-state index in [1.807, 2.05) is 43.3 Å². The van der Waals surface area contributed by atoms with E-state index in [0.29, 0.717) is 12.1 Å². The van der Waals surface area contributed by atoms with Crippen molar-refractivity contribution in [2.45, 2.75) is 18.4 Å². The van der Waals surface area contributed by atoms with Crippen molar-refractivity contribution in [3.05, 3.63) is 89.7 Å². The van der Waals surface area contributed by atoms with E-state index in [0.717, 1.165) is 28.1 Å². The van der Waals surface area contributed by atoms with Gasteiger partial charge in [0.05, 0.1) is 22.5 Å². The molecule has 3 aromatic carbocycles. The molecule has 1 heterocycles. The van der Waals surface area contributed by atoms with Gasteiger partial charge in [-0.1, -0.05) is 29.8 Å². The Hall–Kier alpha value is -3.69. The van der Waals surface area contributed by atoms with Crippen LogP contribution in [0.2, 0.25) is 0 Å². The molecule has 0 radical (unpaired) electrons. The quantitative estimate of drug-likeness (QED) is 0.352. The zero-order chi connectivity index (χ0) is 22.4. The van der Waals surface area contributed by atoms with E-state index in [1.54, 1.807) is 24.3 Å². The number of aromatic amines is 1. The van der Waals surface area contributed by atoms with Crippen LogP contribution in [0.1, 0.15) is 21.7 Å². The SMILES string of the molecule is Cc1ccc(S(=O)(=O)O)cc1.NC(=O)c1ccc(NCc2nc3ccccc3[nH]2)cc1. The first-order chi connectivity index (χ1) is 14.7. The summed E-state index contributed by atoms with van der Waals surface area (Å²) in [5.74, 6) is 0.444. The van der Waals surface area contributed by atoms with Crippen LogP contribution in [0.15, 0.2) is 77.7 Å². The van der Waals surface area contributed by atoms with Gasteiger partial charge in [-0.2, -0.15) is 8.42 Å². The summed E-state index contributed by atoms with van der Waals surface area (Å²) >= 11 is 0. The molecule has 0 unspecified atom stereocenters. The molecule has 0 atom stereocenters. The minimum Gasteiger partial charge on any atom is -0.378 e. The second-order valence-electron chi connectivity index (χ2n) is 6.78. The predicted octanol–water partition coefficient (Wildman–Crippen LogP) is 3.52. The number of nitrogens with one attached hydrogen (secondary N) is 2. The highest BCUT2D eigenvalue weighted by Gasteiger charge is 2.07. The molecule has 8 nitrogen and oxygen atoms in total. The third-order valence-electron chi connectivity index (χ3n) is 4.39. The number of hydrogen-bond donors (Lipinski definition) is 4. The van der Waals surface area contributed by atoms with Gasteiger partial charge in [0, 0.05) is 11.3 Å². The largest absolute Gasteiger partial charge is 0.378 e. The number of H-pyrrole nitrogens is 1. The fraction of sp³-hybridized carbons (Fsp3) is 0.0909. The summed E-state index contributed by atoms with van der Waals surface area (Å²) in [6.45, 7) is 2.43. The Bertz CT molecular complexity index is 1250. The maximum Gasteiger partial charge on any atom is 0.294 e. The molecule has 0 aliphatic rings. The maximum atomic E-state index is 11.0. The van der Waals surface area contributed by atoms with E-state index < -0.39 is 16.0 Å². The van der Waals surface area contributed by atoms with Crippen LogP contribution in [0.4, 0.5) is 5.69 Å². The van der Waals surface area contributed by atoms with Gasteiger partial charge in [0.2, 0.25) is 5.91 Å². The molecule has 0 spiro atoms. The maximum absolute atomic E-state index is 11.0. The lowest BCUT2D eigenvalue weighted by Crippen LogP contribution is -2.10. The lowest BCUT2D eigenvalue weighted by molar-refractivity contribution is 0.100. The van der Waals surface area contributed by atoms with E-state index >= 15 is 0 Å². The Morgan fingerprint density at radius 1 is 1.03 bits per heavy atom. The van der Waals surface area contributed by atoms with Crippen molar-refractivity contribution in [1.82, 2.24) is 9.97 Å².